The number of rotatable bonds is 7. The fourth-order valence-electron chi connectivity index (χ4n) is 4.27. The summed E-state index contributed by atoms with van der Waals surface area (Å²) in [5.41, 5.74) is 2.67. The van der Waals surface area contributed by atoms with Crippen molar-refractivity contribution in [2.75, 3.05) is 32.8 Å². The molecule has 0 aliphatic carbocycles. The number of nitrogens with zero attached hydrogens (tertiary/aromatic N) is 4. The summed E-state index contributed by atoms with van der Waals surface area (Å²) in [5, 5.41) is 16.1. The average molecular weight is 375 g/mol. The van der Waals surface area contributed by atoms with Gasteiger partial charge in [-0.1, -0.05) is 0 Å². The topological polar surface area (TPSA) is 44.5 Å². The summed E-state index contributed by atoms with van der Waals surface area (Å²) >= 11 is 1.92. The number of aromatic nitrogens is 2. The standard InChI is InChI=1S/C20H30N4OS/c25-11-10-24-9-5-20(21-24)18-4-3-8-23(14-18)15-19-12-17(16-26-19)13-22-6-1-2-7-22/h5,9,12,16,18,25H,1-4,6-8,10-11,13-15H2. The minimum atomic E-state index is 0.149. The summed E-state index contributed by atoms with van der Waals surface area (Å²) < 4.78 is 1.86. The van der Waals surface area contributed by atoms with E-state index >= 15 is 0 Å². The molecule has 2 saturated heterocycles. The molecule has 6 heteroatoms. The lowest BCUT2D eigenvalue weighted by Gasteiger charge is -2.31. The third kappa shape index (κ3) is 4.55. The first-order valence-electron chi connectivity index (χ1n) is 9.95. The van der Waals surface area contributed by atoms with Crippen LogP contribution in [0.5, 0.6) is 0 Å². The lowest BCUT2D eigenvalue weighted by molar-refractivity contribution is 0.199. The van der Waals surface area contributed by atoms with Gasteiger partial charge in [0.1, 0.15) is 0 Å². The van der Waals surface area contributed by atoms with E-state index in [2.05, 4.69) is 32.4 Å². The van der Waals surface area contributed by atoms with Gasteiger partial charge in [-0.2, -0.15) is 5.10 Å². The van der Waals surface area contributed by atoms with Gasteiger partial charge in [0.05, 0.1) is 18.8 Å². The van der Waals surface area contributed by atoms with Crippen molar-refractivity contribution in [3.8, 4) is 0 Å². The lowest BCUT2D eigenvalue weighted by Crippen LogP contribution is -2.33. The number of thiophene rings is 1. The van der Waals surface area contributed by atoms with Gasteiger partial charge in [-0.15, -0.1) is 11.3 Å². The summed E-state index contributed by atoms with van der Waals surface area (Å²) in [7, 11) is 0. The van der Waals surface area contributed by atoms with E-state index in [9.17, 15) is 0 Å². The average Bonchev–Trinajstić information content (AvgIpc) is 3.39. The highest BCUT2D eigenvalue weighted by molar-refractivity contribution is 7.10. The molecule has 5 nitrogen and oxygen atoms in total. The predicted octanol–water partition coefficient (Wildman–Crippen LogP) is 2.91. The summed E-state index contributed by atoms with van der Waals surface area (Å²) in [5.74, 6) is 0.521. The second-order valence-corrected chi connectivity index (χ2v) is 8.70. The van der Waals surface area contributed by atoms with Crippen LogP contribution in [0, 0.1) is 0 Å². The third-order valence-electron chi connectivity index (χ3n) is 5.61. The van der Waals surface area contributed by atoms with Crippen LogP contribution in [0.1, 0.15) is 47.7 Å². The molecule has 2 fully saturated rings. The Morgan fingerprint density at radius 3 is 2.81 bits per heavy atom. The van der Waals surface area contributed by atoms with Gasteiger partial charge in [-0.05, 0) is 68.4 Å². The lowest BCUT2D eigenvalue weighted by atomic mass is 9.95. The molecule has 1 unspecified atom stereocenters. The zero-order valence-corrected chi connectivity index (χ0v) is 16.3. The Kier molecular flexibility index (Phi) is 6.05. The molecule has 0 radical (unpaired) electrons. The monoisotopic (exact) mass is 374 g/mol. The number of likely N-dealkylation sites (tertiary alicyclic amines) is 2. The van der Waals surface area contributed by atoms with Crippen LogP contribution in [0.4, 0.5) is 0 Å². The van der Waals surface area contributed by atoms with E-state index in [4.69, 9.17) is 5.11 Å². The zero-order valence-electron chi connectivity index (χ0n) is 15.5. The molecule has 0 aromatic carbocycles. The van der Waals surface area contributed by atoms with E-state index in [1.165, 1.54) is 61.5 Å². The number of aliphatic hydroxyl groups is 1. The van der Waals surface area contributed by atoms with E-state index in [0.29, 0.717) is 12.5 Å². The normalized spacial score (nSPS) is 22.3. The molecule has 2 aliphatic heterocycles. The van der Waals surface area contributed by atoms with E-state index < -0.39 is 0 Å². The van der Waals surface area contributed by atoms with Gasteiger partial charge in [0.15, 0.2) is 0 Å². The Morgan fingerprint density at radius 1 is 1.12 bits per heavy atom. The molecule has 2 aliphatic rings. The summed E-state index contributed by atoms with van der Waals surface area (Å²) in [6, 6.07) is 4.55. The van der Waals surface area contributed by atoms with Gasteiger partial charge in [0.2, 0.25) is 0 Å². The fourth-order valence-corrected chi connectivity index (χ4v) is 5.20. The first-order chi connectivity index (χ1) is 12.8. The van der Waals surface area contributed by atoms with Crippen molar-refractivity contribution >= 4 is 11.3 Å². The Morgan fingerprint density at radius 2 is 1.96 bits per heavy atom. The molecule has 1 atom stereocenters. The van der Waals surface area contributed by atoms with Crippen LogP contribution in [0.3, 0.4) is 0 Å². The zero-order chi connectivity index (χ0) is 17.8. The van der Waals surface area contributed by atoms with Crippen molar-refractivity contribution in [2.45, 2.75) is 51.2 Å². The quantitative estimate of drug-likeness (QED) is 0.809. The van der Waals surface area contributed by atoms with Crippen LogP contribution in [0.25, 0.3) is 0 Å². The van der Waals surface area contributed by atoms with E-state index in [-0.39, 0.29) is 6.61 Å². The first kappa shape index (κ1) is 18.2. The highest BCUT2D eigenvalue weighted by Gasteiger charge is 2.23. The van der Waals surface area contributed by atoms with Crippen LogP contribution >= 0.6 is 11.3 Å². The Hall–Kier alpha value is -1.21. The van der Waals surface area contributed by atoms with E-state index in [0.717, 1.165) is 19.6 Å². The minimum absolute atomic E-state index is 0.149. The van der Waals surface area contributed by atoms with Crippen molar-refractivity contribution in [1.29, 1.82) is 0 Å². The van der Waals surface area contributed by atoms with Gasteiger partial charge in [-0.3, -0.25) is 14.5 Å². The molecule has 0 bridgehead atoms. The second-order valence-electron chi connectivity index (χ2n) is 7.71. The second kappa shape index (κ2) is 8.65. The molecule has 142 valence electrons. The molecule has 0 amide bonds. The van der Waals surface area contributed by atoms with Crippen molar-refractivity contribution < 1.29 is 5.11 Å². The molecule has 1 N–H and O–H groups in total. The van der Waals surface area contributed by atoms with Crippen molar-refractivity contribution in [3.63, 3.8) is 0 Å². The number of aliphatic hydroxyl groups excluding tert-OH is 1. The van der Waals surface area contributed by atoms with Gasteiger partial charge >= 0.3 is 0 Å². The molecular weight excluding hydrogens is 344 g/mol. The highest BCUT2D eigenvalue weighted by atomic mass is 32.1. The predicted molar refractivity (Wildman–Crippen MR) is 105 cm³/mol. The van der Waals surface area contributed by atoms with Crippen molar-refractivity contribution in [3.05, 3.63) is 39.8 Å². The van der Waals surface area contributed by atoms with Crippen LogP contribution in [-0.4, -0.2) is 57.5 Å². The molecule has 2 aromatic rings. The van der Waals surface area contributed by atoms with Crippen LogP contribution in [0.2, 0.25) is 0 Å². The van der Waals surface area contributed by atoms with Gasteiger partial charge in [-0.25, -0.2) is 0 Å². The molecule has 0 saturated carbocycles. The summed E-state index contributed by atoms with van der Waals surface area (Å²) in [6.07, 6.45) is 7.18. The Labute approximate surface area is 160 Å². The third-order valence-corrected chi connectivity index (χ3v) is 6.58. The Bertz CT molecular complexity index is 692. The number of piperidine rings is 1. The molecule has 4 heterocycles. The molecule has 0 spiro atoms. The number of hydrogen-bond donors (Lipinski definition) is 1. The van der Waals surface area contributed by atoms with E-state index in [1.807, 2.05) is 22.2 Å². The van der Waals surface area contributed by atoms with Crippen LogP contribution in [-0.2, 0) is 19.6 Å². The summed E-state index contributed by atoms with van der Waals surface area (Å²) in [4.78, 5) is 6.65. The fraction of sp³-hybridized carbons (Fsp3) is 0.650. The summed E-state index contributed by atoms with van der Waals surface area (Å²) in [6.45, 7) is 7.74. The first-order valence-corrected chi connectivity index (χ1v) is 10.8. The maximum atomic E-state index is 9.07. The number of hydrogen-bond acceptors (Lipinski definition) is 5. The molecule has 4 rings (SSSR count). The Balaban J connectivity index is 1.32. The van der Waals surface area contributed by atoms with Crippen molar-refractivity contribution in [1.82, 2.24) is 19.6 Å². The highest BCUT2D eigenvalue weighted by Crippen LogP contribution is 2.28. The largest absolute Gasteiger partial charge is 0.394 e. The SMILES string of the molecule is OCCn1ccc(C2CCCN(Cc3cc(CN4CCCC4)cs3)C2)n1. The van der Waals surface area contributed by atoms with Gasteiger partial charge in [0, 0.05) is 36.6 Å². The molecule has 26 heavy (non-hydrogen) atoms. The van der Waals surface area contributed by atoms with Crippen LogP contribution < -0.4 is 0 Å². The van der Waals surface area contributed by atoms with E-state index in [1.54, 1.807) is 0 Å². The van der Waals surface area contributed by atoms with Crippen molar-refractivity contribution in [2.24, 2.45) is 0 Å². The van der Waals surface area contributed by atoms with Gasteiger partial charge < -0.3 is 5.11 Å². The smallest absolute Gasteiger partial charge is 0.0668 e. The maximum absolute atomic E-state index is 9.07. The molecule has 2 aromatic heterocycles. The van der Waals surface area contributed by atoms with Gasteiger partial charge in [0.25, 0.3) is 0 Å². The molecular formula is C20H30N4OS. The van der Waals surface area contributed by atoms with Crippen LogP contribution in [0.15, 0.2) is 23.7 Å². The maximum Gasteiger partial charge on any atom is 0.0668 e. The minimum Gasteiger partial charge on any atom is -0.394 e.